The first-order chi connectivity index (χ1) is 30.6. The molecule has 5 fully saturated rings. The van der Waals surface area contributed by atoms with Crippen LogP contribution < -0.4 is 21.6 Å². The van der Waals surface area contributed by atoms with E-state index in [4.69, 9.17) is 14.2 Å². The number of fused-ring (bicyclic) bond motifs is 3. The van der Waals surface area contributed by atoms with E-state index in [1.807, 2.05) is 0 Å². The average molecular weight is 928 g/mol. The third kappa shape index (κ3) is 10.8. The van der Waals surface area contributed by atoms with Crippen LogP contribution in [-0.4, -0.2) is 191 Å². The Labute approximate surface area is 375 Å². The molecular weight excluding hydrogens is 862 g/mol. The summed E-state index contributed by atoms with van der Waals surface area (Å²) in [6.45, 7) is 6.13. The molecule has 6 amide bonds. The smallest absolute Gasteiger partial charge is 0.334 e. The maximum Gasteiger partial charge on any atom is 0.334 e. The molecule has 5 heterocycles. The van der Waals surface area contributed by atoms with Gasteiger partial charge < -0.3 is 34.8 Å². The van der Waals surface area contributed by atoms with Crippen molar-refractivity contribution in [2.24, 2.45) is 11.8 Å². The number of carbonyl (C=O) groups excluding carboxylic acids is 8. The van der Waals surface area contributed by atoms with Gasteiger partial charge in [-0.15, -0.1) is 0 Å². The number of hydroxylamine groups is 4. The molecule has 9 N–H and O–H groups in total. The van der Waals surface area contributed by atoms with Gasteiger partial charge in [0.1, 0.15) is 36.8 Å². The average Bonchev–Trinajstić information content (AvgIpc) is 3.28. The molecule has 366 valence electrons. The Morgan fingerprint density at radius 2 is 1.40 bits per heavy atom. The van der Waals surface area contributed by atoms with Crippen molar-refractivity contribution >= 4 is 47.4 Å². The fourth-order valence-corrected chi connectivity index (χ4v) is 9.00. The number of ether oxygens (including phenoxy) is 3. The number of carbonyl (C=O) groups is 8. The highest BCUT2D eigenvalue weighted by Crippen LogP contribution is 2.41. The number of hydrazine groups is 3. The molecular formula is C40H65N9O16. The number of hydrogen-bond donors (Lipinski definition) is 9. The predicted octanol–water partition coefficient (Wildman–Crippen LogP) is -3.07. The molecule has 0 spiro atoms. The van der Waals surface area contributed by atoms with Crippen LogP contribution in [0, 0.1) is 11.8 Å². The number of nitrogens with one attached hydrogen (secondary N) is 4. The quantitative estimate of drug-likeness (QED) is 0.0862. The summed E-state index contributed by atoms with van der Waals surface area (Å²) in [4.78, 5) is 112. The second kappa shape index (κ2) is 21.4. The van der Waals surface area contributed by atoms with E-state index in [0.717, 1.165) is 28.9 Å². The Morgan fingerprint density at radius 3 is 1.94 bits per heavy atom. The van der Waals surface area contributed by atoms with Gasteiger partial charge in [-0.1, -0.05) is 20.8 Å². The Bertz CT molecular complexity index is 1800. The third-order valence-corrected chi connectivity index (χ3v) is 12.8. The molecule has 5 aliphatic rings. The molecule has 25 nitrogen and oxygen atoms in total. The number of rotatable bonds is 8. The summed E-state index contributed by atoms with van der Waals surface area (Å²) in [5, 5.41) is 62.3. The van der Waals surface area contributed by atoms with Crippen LogP contribution in [-0.2, 0) is 52.6 Å². The molecule has 0 aliphatic carbocycles. The summed E-state index contributed by atoms with van der Waals surface area (Å²) in [5.41, 5.74) is 5.52. The summed E-state index contributed by atoms with van der Waals surface area (Å²) in [6.07, 6.45) is -3.66. The molecule has 0 aromatic carbocycles. The van der Waals surface area contributed by atoms with E-state index in [-0.39, 0.29) is 81.1 Å². The Balaban J connectivity index is 1.58. The Hall–Kier alpha value is -4.60. The van der Waals surface area contributed by atoms with Crippen LogP contribution in [0.1, 0.15) is 98.8 Å². The van der Waals surface area contributed by atoms with Gasteiger partial charge in [0.25, 0.3) is 35.4 Å². The topological polar surface area (TPSA) is 330 Å². The van der Waals surface area contributed by atoms with E-state index in [9.17, 15) is 64.1 Å². The van der Waals surface area contributed by atoms with Crippen LogP contribution in [0.4, 0.5) is 0 Å². The number of cyclic esters (lactones) is 1. The molecule has 65 heavy (non-hydrogen) atoms. The van der Waals surface area contributed by atoms with E-state index in [0.29, 0.717) is 12.8 Å². The van der Waals surface area contributed by atoms with Crippen molar-refractivity contribution in [3.63, 3.8) is 0 Å². The second-order valence-electron chi connectivity index (χ2n) is 17.7. The zero-order valence-corrected chi connectivity index (χ0v) is 37.6. The van der Waals surface area contributed by atoms with Crippen molar-refractivity contribution in [1.29, 1.82) is 0 Å². The molecule has 0 saturated carbocycles. The second-order valence-corrected chi connectivity index (χ2v) is 17.7. The van der Waals surface area contributed by atoms with Gasteiger partial charge >= 0.3 is 11.9 Å². The van der Waals surface area contributed by atoms with Gasteiger partial charge in [-0.05, 0) is 77.0 Å². The highest BCUT2D eigenvalue weighted by molar-refractivity contribution is 5.97. The number of esters is 2. The highest BCUT2D eigenvalue weighted by Gasteiger charge is 2.58. The lowest BCUT2D eigenvalue weighted by Gasteiger charge is -2.48. The molecule has 0 radical (unpaired) electrons. The van der Waals surface area contributed by atoms with Crippen molar-refractivity contribution in [3.8, 4) is 0 Å². The maximum atomic E-state index is 14.9. The van der Waals surface area contributed by atoms with Crippen LogP contribution in [0.25, 0.3) is 0 Å². The lowest BCUT2D eigenvalue weighted by Crippen LogP contribution is -2.70. The van der Waals surface area contributed by atoms with E-state index >= 15 is 0 Å². The van der Waals surface area contributed by atoms with E-state index in [1.165, 1.54) is 21.0 Å². The fraction of sp³-hybridized carbons (Fsp3) is 0.800. The molecule has 5 aliphatic heterocycles. The van der Waals surface area contributed by atoms with Crippen LogP contribution >= 0.6 is 0 Å². The van der Waals surface area contributed by atoms with Gasteiger partial charge in [-0.25, -0.2) is 31.2 Å². The van der Waals surface area contributed by atoms with Crippen molar-refractivity contribution in [2.75, 3.05) is 33.3 Å². The highest BCUT2D eigenvalue weighted by atomic mass is 16.7. The Kier molecular flexibility index (Phi) is 16.9. The van der Waals surface area contributed by atoms with Crippen molar-refractivity contribution in [3.05, 3.63) is 0 Å². The van der Waals surface area contributed by atoms with Gasteiger partial charge in [0.2, 0.25) is 5.79 Å². The first kappa shape index (κ1) is 51.4. The lowest BCUT2D eigenvalue weighted by atomic mass is 9.80. The molecule has 11 atom stereocenters. The van der Waals surface area contributed by atoms with Gasteiger partial charge in [0.05, 0.1) is 25.7 Å². The van der Waals surface area contributed by atoms with Crippen LogP contribution in [0.5, 0.6) is 0 Å². The number of aliphatic hydroxyl groups is 3. The summed E-state index contributed by atoms with van der Waals surface area (Å²) >= 11 is 0. The van der Waals surface area contributed by atoms with Gasteiger partial charge in [0, 0.05) is 26.1 Å². The first-order valence-electron chi connectivity index (χ1n) is 22.2. The summed E-state index contributed by atoms with van der Waals surface area (Å²) in [6, 6.07) is -8.59. The zero-order valence-electron chi connectivity index (χ0n) is 37.6. The molecule has 25 heteroatoms. The van der Waals surface area contributed by atoms with Crippen LogP contribution in [0.3, 0.4) is 0 Å². The van der Waals surface area contributed by atoms with Gasteiger partial charge in [-0.3, -0.25) is 59.0 Å². The molecule has 0 aromatic heterocycles. The molecule has 11 unspecified atom stereocenters. The molecule has 0 bridgehead atoms. The zero-order chi connectivity index (χ0) is 48.1. The standard InChI is InChI=1S/C40H65N9O16/c1-7-27-23(19-29(52)63-6)14-15-40(60,65-27)39(5,59)38(58)44-30-32(21(2)3)64-37(57)31(22(4)50)49(62)35(55)26-13-10-17-42-47(26)34(54)25-12-9-16-41-46(25)28(51)20-45(61)33(53)24-11-8-18-43-48(24)36(30)56/h21-27,30-32,41-43,50,59-62H,7-20H2,1-6H3,(H,44,58). The van der Waals surface area contributed by atoms with Crippen molar-refractivity contribution < 1.29 is 78.3 Å². The minimum absolute atomic E-state index is 0.0361. The minimum atomic E-state index is -2.87. The van der Waals surface area contributed by atoms with Crippen LogP contribution in [0.2, 0.25) is 0 Å². The van der Waals surface area contributed by atoms with Crippen LogP contribution in [0.15, 0.2) is 0 Å². The van der Waals surface area contributed by atoms with E-state index < -0.39 is 126 Å². The normalized spacial score (nSPS) is 33.1. The molecule has 0 aromatic rings. The van der Waals surface area contributed by atoms with Gasteiger partial charge in [-0.2, -0.15) is 0 Å². The monoisotopic (exact) mass is 927 g/mol. The lowest BCUT2D eigenvalue weighted by molar-refractivity contribution is -0.328. The van der Waals surface area contributed by atoms with Crippen molar-refractivity contribution in [2.45, 2.75) is 159 Å². The van der Waals surface area contributed by atoms with Crippen molar-refractivity contribution in [1.82, 2.24) is 46.7 Å². The fourth-order valence-electron chi connectivity index (χ4n) is 9.00. The van der Waals surface area contributed by atoms with E-state index in [2.05, 4.69) is 21.6 Å². The van der Waals surface area contributed by atoms with E-state index in [1.54, 1.807) is 6.92 Å². The number of aliphatic hydroxyl groups excluding tert-OH is 1. The molecule has 5 saturated heterocycles. The molecule has 5 rings (SSSR count). The Morgan fingerprint density at radius 1 is 0.862 bits per heavy atom. The minimum Gasteiger partial charge on any atom is -0.469 e. The largest absolute Gasteiger partial charge is 0.469 e. The maximum absolute atomic E-state index is 14.9. The SMILES string of the molecule is CCC1OC(O)(C(C)(O)C(=O)NC2C(=O)N3NCCCC3C(=O)N(O)CC(=O)N3NCCCC3C(=O)N3NCCCC3C(=O)N(O)C(C(C)O)C(=O)OC2C(C)C)CCC1CC(=O)OC. The summed E-state index contributed by atoms with van der Waals surface area (Å²) in [7, 11) is 1.22. The predicted molar refractivity (Wildman–Crippen MR) is 218 cm³/mol. The summed E-state index contributed by atoms with van der Waals surface area (Å²) in [5.74, 6) is -12.7. The van der Waals surface area contributed by atoms with Gasteiger partial charge in [0.15, 0.2) is 11.6 Å². The number of methoxy groups -OCH3 is 1. The first-order valence-corrected chi connectivity index (χ1v) is 22.2. The number of amides is 6. The number of hydrogen-bond acceptors (Lipinski definition) is 19. The summed E-state index contributed by atoms with van der Waals surface area (Å²) < 4.78 is 16.6. The third-order valence-electron chi connectivity index (χ3n) is 12.8. The number of nitrogens with zero attached hydrogens (tertiary/aromatic N) is 5.